The topological polar surface area (TPSA) is 57.4 Å². The van der Waals surface area contributed by atoms with Gasteiger partial charge in [0.25, 0.3) is 0 Å². The maximum atomic E-state index is 5.30. The van der Waals surface area contributed by atoms with Crippen molar-refractivity contribution >= 4 is 70.3 Å². The Bertz CT molecular complexity index is 2150. The number of fused-ring (bicyclic) bond motifs is 8. The molecule has 0 spiro atoms. The Balaban J connectivity index is 1.50. The number of aromatic nitrogens is 4. The van der Waals surface area contributed by atoms with E-state index >= 15 is 0 Å². The molecule has 5 heterocycles. The third-order valence-corrected chi connectivity index (χ3v) is 10.0. The molecule has 8 bridgehead atoms. The van der Waals surface area contributed by atoms with Crippen LogP contribution in [-0.4, -0.2) is 34.9 Å². The van der Waals surface area contributed by atoms with E-state index in [4.69, 9.17) is 9.97 Å². The van der Waals surface area contributed by atoms with Crippen molar-refractivity contribution in [3.05, 3.63) is 144 Å². The first-order valence-electron chi connectivity index (χ1n) is 14.3. The third-order valence-electron chi connectivity index (χ3n) is 7.62. The Labute approximate surface area is 255 Å². The second-order valence-corrected chi connectivity index (χ2v) is 12.7. The van der Waals surface area contributed by atoms with Crippen LogP contribution in [0.5, 0.6) is 0 Å². The maximum absolute atomic E-state index is 5.30. The van der Waals surface area contributed by atoms with Crippen molar-refractivity contribution in [3.8, 4) is 22.3 Å². The minimum atomic E-state index is 0.0214. The van der Waals surface area contributed by atoms with Gasteiger partial charge < -0.3 is 0 Å². The zero-order chi connectivity index (χ0) is 28.6. The van der Waals surface area contributed by atoms with E-state index in [9.17, 15) is 0 Å². The van der Waals surface area contributed by atoms with Crippen molar-refractivity contribution in [3.63, 3.8) is 0 Å². The van der Waals surface area contributed by atoms with Crippen LogP contribution in [-0.2, 0) is 0 Å². The number of hydrogen-bond donors (Lipinski definition) is 2. The Kier molecular flexibility index (Phi) is 6.45. The van der Waals surface area contributed by atoms with Gasteiger partial charge in [0, 0.05) is 0 Å². The first-order valence-corrected chi connectivity index (χ1v) is 16.0. The Morgan fingerprint density at radius 2 is 1.02 bits per heavy atom. The van der Waals surface area contributed by atoms with Crippen LogP contribution in [0.25, 0.3) is 68.6 Å². The number of nitrogens with zero attached hydrogens (tertiary/aromatic N) is 2. The molecular weight excluding hydrogens is 591 g/mol. The van der Waals surface area contributed by atoms with E-state index in [1.165, 1.54) is 8.92 Å². The Morgan fingerprint density at radius 3 is 1.74 bits per heavy atom. The third kappa shape index (κ3) is 4.95. The summed E-state index contributed by atoms with van der Waals surface area (Å²) in [4.78, 5) is 17.8. The quantitative estimate of drug-likeness (QED) is 0.200. The van der Waals surface area contributed by atoms with Crippen LogP contribution in [0.3, 0.4) is 0 Å². The number of benzene rings is 3. The second-order valence-electron chi connectivity index (χ2n) is 10.5. The molecule has 5 heteroatoms. The Morgan fingerprint density at radius 1 is 0.465 bits per heavy atom. The first kappa shape index (κ1) is 25.5. The number of nitrogens with one attached hydrogen (secondary N) is 2. The molecule has 0 unspecified atom stereocenters. The molecule has 0 fully saturated rings. The van der Waals surface area contributed by atoms with E-state index in [1.807, 2.05) is 12.1 Å². The molecule has 0 saturated carbocycles. The molecule has 2 aliphatic rings. The van der Waals surface area contributed by atoms with Gasteiger partial charge in [0.15, 0.2) is 0 Å². The molecule has 204 valence electrons. The number of H-pyrrole nitrogens is 2. The number of aromatic amines is 2. The van der Waals surface area contributed by atoms with E-state index in [1.54, 1.807) is 0 Å². The molecule has 3 aromatic carbocycles. The second kappa shape index (κ2) is 10.9. The van der Waals surface area contributed by atoms with E-state index in [0.717, 1.165) is 67.1 Å². The average Bonchev–Trinajstić information content (AvgIpc) is 3.88. The summed E-state index contributed by atoms with van der Waals surface area (Å²) in [7, 11) is 0. The van der Waals surface area contributed by atoms with Crippen LogP contribution in [0.2, 0.25) is 0 Å². The molecule has 0 saturated heterocycles. The van der Waals surface area contributed by atoms with Crippen molar-refractivity contribution in [1.29, 1.82) is 0 Å². The van der Waals surface area contributed by atoms with Crippen molar-refractivity contribution in [2.75, 3.05) is 0 Å². The normalized spacial score (nSPS) is 12.1. The van der Waals surface area contributed by atoms with Gasteiger partial charge in [0.1, 0.15) is 0 Å². The van der Waals surface area contributed by atoms with E-state index < -0.39 is 0 Å². The summed E-state index contributed by atoms with van der Waals surface area (Å²) < 4.78 is 2.51. The molecule has 2 aliphatic heterocycles. The summed E-state index contributed by atoms with van der Waals surface area (Å²) >= 11 is 0.0214. The molecule has 2 N–H and O–H groups in total. The molecule has 6 aromatic rings. The van der Waals surface area contributed by atoms with Crippen molar-refractivity contribution in [2.24, 2.45) is 0 Å². The van der Waals surface area contributed by atoms with Gasteiger partial charge in [0.05, 0.1) is 0 Å². The first-order chi connectivity index (χ1) is 21.3. The van der Waals surface area contributed by atoms with Crippen LogP contribution in [0, 0.1) is 0 Å². The molecule has 3 aromatic heterocycles. The monoisotopic (exact) mass is 618 g/mol. The van der Waals surface area contributed by atoms with Crippen LogP contribution in [0.1, 0.15) is 22.8 Å². The minimum absolute atomic E-state index is 0.0214. The van der Waals surface area contributed by atoms with Crippen molar-refractivity contribution in [1.82, 2.24) is 19.9 Å². The Hall–Kier alpha value is -5.22. The molecule has 43 heavy (non-hydrogen) atoms. The molecule has 0 radical (unpaired) electrons. The molecule has 0 aliphatic carbocycles. The fourth-order valence-electron chi connectivity index (χ4n) is 5.64. The van der Waals surface area contributed by atoms with Crippen molar-refractivity contribution < 1.29 is 0 Å². The fourth-order valence-corrected chi connectivity index (χ4v) is 7.69. The van der Waals surface area contributed by atoms with Gasteiger partial charge in [0.2, 0.25) is 0 Å². The van der Waals surface area contributed by atoms with Gasteiger partial charge in [-0.3, -0.25) is 0 Å². The number of rotatable bonds is 4. The standard InChI is InChI=1S/C38H26N4Se/c1-4-10-25(11-5-1)36-30-18-16-27(39-30)24-28-17-19-31(40-28)37(26-12-6-2-7-13-26)33-21-23-35(42-33)38(34-22-20-32(36)41-34)43-29-14-8-3-9-15-29/h1-24,39,42H. The summed E-state index contributed by atoms with van der Waals surface area (Å²) in [5.41, 5.74) is 12.3. The van der Waals surface area contributed by atoms with Gasteiger partial charge in [-0.05, 0) is 0 Å². The summed E-state index contributed by atoms with van der Waals surface area (Å²) in [6.45, 7) is 0. The summed E-state index contributed by atoms with van der Waals surface area (Å²) in [5, 5.41) is 0. The van der Waals surface area contributed by atoms with Gasteiger partial charge >= 0.3 is 257 Å². The summed E-state index contributed by atoms with van der Waals surface area (Å²) in [5.74, 6) is 0. The van der Waals surface area contributed by atoms with E-state index in [0.29, 0.717) is 0 Å². The fraction of sp³-hybridized carbons (Fsp3) is 0. The molecule has 8 rings (SSSR count). The molecular formula is C38H26N4Se. The summed E-state index contributed by atoms with van der Waals surface area (Å²) in [6, 6.07) is 42.4. The van der Waals surface area contributed by atoms with Gasteiger partial charge in [-0.1, -0.05) is 0 Å². The van der Waals surface area contributed by atoms with E-state index in [2.05, 4.69) is 143 Å². The molecule has 0 atom stereocenters. The predicted octanol–water partition coefficient (Wildman–Crippen LogP) is 7.64. The van der Waals surface area contributed by atoms with Crippen LogP contribution in [0.15, 0.2) is 121 Å². The van der Waals surface area contributed by atoms with Crippen LogP contribution < -0.4 is 8.92 Å². The predicted molar refractivity (Wildman–Crippen MR) is 181 cm³/mol. The summed E-state index contributed by atoms with van der Waals surface area (Å²) in [6.07, 6.45) is 8.51. The molecule has 0 amide bonds. The van der Waals surface area contributed by atoms with Gasteiger partial charge in [-0.2, -0.15) is 0 Å². The molecule has 4 nitrogen and oxygen atoms in total. The van der Waals surface area contributed by atoms with Gasteiger partial charge in [-0.15, -0.1) is 0 Å². The van der Waals surface area contributed by atoms with Gasteiger partial charge in [-0.25, -0.2) is 0 Å². The average molecular weight is 618 g/mol. The van der Waals surface area contributed by atoms with Crippen LogP contribution in [0.4, 0.5) is 0 Å². The SMILES string of the molecule is C1=Cc2nc1cc1ccc([nH]1)c(-c1ccccc1)c1nc(c([Se]c3ccccc3)c3ccc([nH]3)c2-c2ccccc2)C=C1. The van der Waals surface area contributed by atoms with Crippen molar-refractivity contribution in [2.45, 2.75) is 0 Å². The number of hydrogen-bond acceptors (Lipinski definition) is 2. The zero-order valence-electron chi connectivity index (χ0n) is 23.2. The van der Waals surface area contributed by atoms with Crippen LogP contribution >= 0.6 is 0 Å². The zero-order valence-corrected chi connectivity index (χ0v) is 24.9. The van der Waals surface area contributed by atoms with E-state index in [-0.39, 0.29) is 15.0 Å².